The van der Waals surface area contributed by atoms with E-state index in [1.807, 2.05) is 49.4 Å². The van der Waals surface area contributed by atoms with Crippen LogP contribution in [0.3, 0.4) is 0 Å². The van der Waals surface area contributed by atoms with Gasteiger partial charge in [-0.1, -0.05) is 42.5 Å². The van der Waals surface area contributed by atoms with Crippen molar-refractivity contribution in [2.75, 3.05) is 18.5 Å². The van der Waals surface area contributed by atoms with E-state index in [1.54, 1.807) is 18.2 Å². The smallest absolute Gasteiger partial charge is 0.325 e. The summed E-state index contributed by atoms with van der Waals surface area (Å²) in [7, 11) is 0. The van der Waals surface area contributed by atoms with E-state index in [2.05, 4.69) is 10.6 Å². The zero-order valence-corrected chi connectivity index (χ0v) is 14.4. The highest BCUT2D eigenvalue weighted by molar-refractivity contribution is 5.95. The molecule has 2 aromatic carbocycles. The number of carbonyl (C=O) groups is 3. The molecule has 0 unspecified atom stereocenters. The van der Waals surface area contributed by atoms with Gasteiger partial charge in [0.1, 0.15) is 6.54 Å². The number of nitrogens with one attached hydrogen (secondary N) is 2. The highest BCUT2D eigenvalue weighted by Crippen LogP contribution is 2.09. The quantitative estimate of drug-likeness (QED) is 0.592. The van der Waals surface area contributed by atoms with Gasteiger partial charge in [0, 0.05) is 11.8 Å². The van der Waals surface area contributed by atoms with Crippen molar-refractivity contribution >= 4 is 29.5 Å². The van der Waals surface area contributed by atoms with E-state index in [-0.39, 0.29) is 6.54 Å². The maximum atomic E-state index is 11.7. The van der Waals surface area contributed by atoms with Crippen molar-refractivity contribution < 1.29 is 19.1 Å². The lowest BCUT2D eigenvalue weighted by atomic mass is 10.2. The van der Waals surface area contributed by atoms with Gasteiger partial charge < -0.3 is 15.4 Å². The Morgan fingerprint density at radius 2 is 1.81 bits per heavy atom. The summed E-state index contributed by atoms with van der Waals surface area (Å²) >= 11 is 0. The zero-order chi connectivity index (χ0) is 18.8. The third-order valence-corrected chi connectivity index (χ3v) is 3.30. The number of ether oxygens (including phenoxy) is 1. The van der Waals surface area contributed by atoms with E-state index in [9.17, 15) is 14.4 Å². The van der Waals surface area contributed by atoms with Gasteiger partial charge in [-0.05, 0) is 36.3 Å². The number of rotatable bonds is 7. The summed E-state index contributed by atoms with van der Waals surface area (Å²) in [6, 6.07) is 16.6. The van der Waals surface area contributed by atoms with Crippen molar-refractivity contribution in [1.82, 2.24) is 5.32 Å². The fraction of sp³-hybridized carbons (Fsp3) is 0.150. The Hall–Kier alpha value is -3.41. The number of hydrogen-bond donors (Lipinski definition) is 2. The standard InChI is InChI=1S/C20H20N2O4/c1-15-6-5-9-17(12-15)22-19(24)14-26-20(25)13-21-18(23)11-10-16-7-3-2-4-8-16/h2-12H,13-14H2,1H3,(H,21,23)(H,22,24)/b11-10+. The Kier molecular flexibility index (Phi) is 7.12. The van der Waals surface area contributed by atoms with E-state index >= 15 is 0 Å². The van der Waals surface area contributed by atoms with Crippen LogP contribution in [-0.4, -0.2) is 30.9 Å². The van der Waals surface area contributed by atoms with Crippen LogP contribution in [0.5, 0.6) is 0 Å². The molecule has 0 aliphatic rings. The van der Waals surface area contributed by atoms with Gasteiger partial charge in [-0.3, -0.25) is 14.4 Å². The molecule has 0 spiro atoms. The Morgan fingerprint density at radius 3 is 2.54 bits per heavy atom. The SMILES string of the molecule is Cc1cccc(NC(=O)COC(=O)CNC(=O)/C=C/c2ccccc2)c1. The molecule has 2 rings (SSSR count). The monoisotopic (exact) mass is 352 g/mol. The van der Waals surface area contributed by atoms with Gasteiger partial charge in [-0.2, -0.15) is 0 Å². The predicted molar refractivity (Wildman–Crippen MR) is 99.3 cm³/mol. The first-order valence-electron chi connectivity index (χ1n) is 8.06. The maximum Gasteiger partial charge on any atom is 0.325 e. The van der Waals surface area contributed by atoms with E-state index in [0.29, 0.717) is 5.69 Å². The summed E-state index contributed by atoms with van der Waals surface area (Å²) in [6.45, 7) is 1.18. The van der Waals surface area contributed by atoms with Crippen LogP contribution in [0.2, 0.25) is 0 Å². The Labute approximate surface area is 151 Å². The topological polar surface area (TPSA) is 84.5 Å². The van der Waals surface area contributed by atoms with Crippen molar-refractivity contribution in [2.45, 2.75) is 6.92 Å². The fourth-order valence-electron chi connectivity index (χ4n) is 2.07. The van der Waals surface area contributed by atoms with Gasteiger partial charge in [0.25, 0.3) is 5.91 Å². The summed E-state index contributed by atoms with van der Waals surface area (Å²) < 4.78 is 4.83. The molecule has 2 N–H and O–H groups in total. The second kappa shape index (κ2) is 9.78. The molecule has 0 bridgehead atoms. The molecule has 0 aliphatic heterocycles. The van der Waals surface area contributed by atoms with Gasteiger partial charge >= 0.3 is 5.97 Å². The lowest BCUT2D eigenvalue weighted by Crippen LogP contribution is -2.31. The van der Waals surface area contributed by atoms with E-state index in [1.165, 1.54) is 6.08 Å². The van der Waals surface area contributed by atoms with E-state index in [4.69, 9.17) is 4.74 Å². The molecule has 0 fully saturated rings. The number of aryl methyl sites for hydroxylation is 1. The van der Waals surface area contributed by atoms with Gasteiger partial charge in [-0.15, -0.1) is 0 Å². The fourth-order valence-corrected chi connectivity index (χ4v) is 2.07. The molecular weight excluding hydrogens is 332 g/mol. The number of hydrogen-bond acceptors (Lipinski definition) is 4. The predicted octanol–water partition coefficient (Wildman–Crippen LogP) is 2.31. The number of carbonyl (C=O) groups excluding carboxylic acids is 3. The molecule has 6 nitrogen and oxygen atoms in total. The van der Waals surface area contributed by atoms with Crippen LogP contribution in [0.25, 0.3) is 6.08 Å². The molecule has 0 saturated heterocycles. The average Bonchev–Trinajstić information content (AvgIpc) is 2.64. The van der Waals surface area contributed by atoms with Crippen molar-refractivity contribution in [3.63, 3.8) is 0 Å². The van der Waals surface area contributed by atoms with Crippen LogP contribution in [0.1, 0.15) is 11.1 Å². The molecule has 0 aromatic heterocycles. The van der Waals surface area contributed by atoms with Gasteiger partial charge in [0.2, 0.25) is 5.91 Å². The lowest BCUT2D eigenvalue weighted by Gasteiger charge is -2.07. The minimum Gasteiger partial charge on any atom is -0.454 e. The van der Waals surface area contributed by atoms with Gasteiger partial charge in [-0.25, -0.2) is 0 Å². The highest BCUT2D eigenvalue weighted by atomic mass is 16.5. The third kappa shape index (κ3) is 7.00. The summed E-state index contributed by atoms with van der Waals surface area (Å²) in [5, 5.41) is 5.03. The van der Waals surface area contributed by atoms with Crippen LogP contribution < -0.4 is 10.6 Å². The number of anilines is 1. The first kappa shape index (κ1) is 18.9. The third-order valence-electron chi connectivity index (χ3n) is 3.30. The maximum absolute atomic E-state index is 11.7. The Morgan fingerprint density at radius 1 is 1.04 bits per heavy atom. The Balaban J connectivity index is 1.67. The molecule has 0 saturated carbocycles. The minimum atomic E-state index is -0.689. The van der Waals surface area contributed by atoms with Crippen LogP contribution in [0.4, 0.5) is 5.69 Å². The zero-order valence-electron chi connectivity index (χ0n) is 14.4. The second-order valence-electron chi connectivity index (χ2n) is 5.54. The first-order valence-corrected chi connectivity index (χ1v) is 8.06. The van der Waals surface area contributed by atoms with Crippen molar-refractivity contribution in [3.8, 4) is 0 Å². The van der Waals surface area contributed by atoms with Crippen molar-refractivity contribution in [1.29, 1.82) is 0 Å². The molecule has 2 aromatic rings. The van der Waals surface area contributed by atoms with Crippen molar-refractivity contribution in [2.24, 2.45) is 0 Å². The largest absolute Gasteiger partial charge is 0.454 e. The summed E-state index contributed by atoms with van der Waals surface area (Å²) in [4.78, 5) is 35.0. The number of benzene rings is 2. The molecular formula is C20H20N2O4. The highest BCUT2D eigenvalue weighted by Gasteiger charge is 2.08. The molecule has 6 heteroatoms. The van der Waals surface area contributed by atoms with Crippen LogP contribution in [0, 0.1) is 6.92 Å². The van der Waals surface area contributed by atoms with Crippen LogP contribution >= 0.6 is 0 Å². The number of esters is 1. The van der Waals surface area contributed by atoms with E-state index in [0.717, 1.165) is 11.1 Å². The summed E-state index contributed by atoms with van der Waals surface area (Å²) in [5.74, 6) is -1.56. The first-order chi connectivity index (χ1) is 12.5. The molecule has 134 valence electrons. The van der Waals surface area contributed by atoms with Gasteiger partial charge in [0.15, 0.2) is 6.61 Å². The minimum absolute atomic E-state index is 0.310. The van der Waals surface area contributed by atoms with Crippen LogP contribution in [-0.2, 0) is 19.1 Å². The normalized spacial score (nSPS) is 10.3. The molecule has 0 aliphatic carbocycles. The van der Waals surface area contributed by atoms with Crippen LogP contribution in [0.15, 0.2) is 60.7 Å². The second-order valence-corrected chi connectivity index (χ2v) is 5.54. The number of amides is 2. The average molecular weight is 352 g/mol. The van der Waals surface area contributed by atoms with Crippen molar-refractivity contribution in [3.05, 3.63) is 71.8 Å². The van der Waals surface area contributed by atoms with E-state index < -0.39 is 24.4 Å². The molecule has 0 heterocycles. The Bertz CT molecular complexity index is 800. The molecule has 2 amide bonds. The molecule has 0 atom stereocenters. The summed E-state index contributed by atoms with van der Waals surface area (Å²) in [5.41, 5.74) is 2.51. The summed E-state index contributed by atoms with van der Waals surface area (Å²) in [6.07, 6.45) is 2.96. The lowest BCUT2D eigenvalue weighted by molar-refractivity contribution is -0.146. The molecule has 0 radical (unpaired) electrons. The molecule has 26 heavy (non-hydrogen) atoms. The van der Waals surface area contributed by atoms with Gasteiger partial charge in [0.05, 0.1) is 0 Å².